The molecule has 0 aliphatic rings. The topological polar surface area (TPSA) is 93.3 Å². The van der Waals surface area contributed by atoms with Crippen molar-refractivity contribution in [2.24, 2.45) is 0 Å². The number of thioether (sulfide) groups is 1. The van der Waals surface area contributed by atoms with Gasteiger partial charge in [-0.05, 0) is 13.0 Å². The number of pyridine rings is 1. The molecule has 0 aliphatic heterocycles. The monoisotopic (exact) mass is 228 g/mol. The Hall–Kier alpha value is -1.63. The predicted octanol–water partition coefficient (Wildman–Crippen LogP) is 1.47. The lowest BCUT2D eigenvalue weighted by Crippen LogP contribution is -2.01. The number of carbonyl (C=O) groups is 1. The second-order valence-electron chi connectivity index (χ2n) is 2.72. The van der Waals surface area contributed by atoms with Gasteiger partial charge in [0, 0.05) is 11.8 Å². The lowest BCUT2D eigenvalue weighted by Gasteiger charge is -2.00. The smallest absolute Gasteiger partial charge is 0.313 e. The molecule has 0 atom stereocenters. The molecule has 0 amide bonds. The van der Waals surface area contributed by atoms with Crippen LogP contribution in [0.1, 0.15) is 5.69 Å². The second-order valence-corrected chi connectivity index (χ2v) is 3.68. The van der Waals surface area contributed by atoms with Gasteiger partial charge in [-0.25, -0.2) is 4.98 Å². The fourth-order valence-corrected chi connectivity index (χ4v) is 1.66. The largest absolute Gasteiger partial charge is 0.481 e. The SMILES string of the molecule is Cc1ccc([N+](=O)[O-])c(SCC(=O)O)n1. The predicted molar refractivity (Wildman–Crippen MR) is 54.0 cm³/mol. The van der Waals surface area contributed by atoms with Crippen molar-refractivity contribution in [2.75, 3.05) is 5.75 Å². The van der Waals surface area contributed by atoms with Crippen LogP contribution in [0.3, 0.4) is 0 Å². The molecule has 0 saturated heterocycles. The van der Waals surface area contributed by atoms with Crippen LogP contribution in [0.5, 0.6) is 0 Å². The van der Waals surface area contributed by atoms with E-state index in [0.29, 0.717) is 5.69 Å². The van der Waals surface area contributed by atoms with Gasteiger partial charge < -0.3 is 5.11 Å². The van der Waals surface area contributed by atoms with E-state index < -0.39 is 10.9 Å². The Morgan fingerprint density at radius 3 is 2.87 bits per heavy atom. The molecular weight excluding hydrogens is 220 g/mol. The molecule has 6 nitrogen and oxygen atoms in total. The molecule has 0 saturated carbocycles. The molecule has 15 heavy (non-hydrogen) atoms. The molecule has 0 fully saturated rings. The van der Waals surface area contributed by atoms with Crippen LogP contribution in [0.15, 0.2) is 17.2 Å². The molecule has 1 rings (SSSR count). The first-order valence-electron chi connectivity index (χ1n) is 3.97. The van der Waals surface area contributed by atoms with Crippen LogP contribution in [0.4, 0.5) is 5.69 Å². The third kappa shape index (κ3) is 3.21. The minimum Gasteiger partial charge on any atom is -0.481 e. The van der Waals surface area contributed by atoms with Crippen LogP contribution < -0.4 is 0 Å². The molecule has 0 spiro atoms. The van der Waals surface area contributed by atoms with Crippen molar-refractivity contribution in [3.8, 4) is 0 Å². The molecule has 1 aromatic rings. The van der Waals surface area contributed by atoms with Crippen LogP contribution in [0, 0.1) is 17.0 Å². The molecule has 80 valence electrons. The van der Waals surface area contributed by atoms with E-state index in [-0.39, 0.29) is 16.5 Å². The van der Waals surface area contributed by atoms with E-state index in [0.717, 1.165) is 11.8 Å². The van der Waals surface area contributed by atoms with Crippen LogP contribution >= 0.6 is 11.8 Å². The number of aromatic nitrogens is 1. The molecule has 0 unspecified atom stereocenters. The highest BCUT2D eigenvalue weighted by Gasteiger charge is 2.16. The van der Waals surface area contributed by atoms with Crippen molar-refractivity contribution in [2.45, 2.75) is 11.9 Å². The zero-order valence-electron chi connectivity index (χ0n) is 7.84. The molecule has 1 N–H and O–H groups in total. The fourth-order valence-electron chi connectivity index (χ4n) is 0.901. The van der Waals surface area contributed by atoms with Gasteiger partial charge in [0.1, 0.15) is 0 Å². The van der Waals surface area contributed by atoms with Gasteiger partial charge in [0.15, 0.2) is 5.03 Å². The second kappa shape index (κ2) is 4.74. The van der Waals surface area contributed by atoms with Gasteiger partial charge >= 0.3 is 11.7 Å². The molecule has 0 aromatic carbocycles. The summed E-state index contributed by atoms with van der Waals surface area (Å²) < 4.78 is 0. The fraction of sp³-hybridized carbons (Fsp3) is 0.250. The molecule has 1 aromatic heterocycles. The van der Waals surface area contributed by atoms with E-state index in [2.05, 4.69) is 4.98 Å². The summed E-state index contributed by atoms with van der Waals surface area (Å²) >= 11 is 0.845. The number of hydrogen-bond acceptors (Lipinski definition) is 5. The van der Waals surface area contributed by atoms with Gasteiger partial charge in [-0.3, -0.25) is 14.9 Å². The number of carboxylic acid groups (broad SMARTS) is 1. The average Bonchev–Trinajstić information content (AvgIpc) is 2.14. The maximum Gasteiger partial charge on any atom is 0.313 e. The van der Waals surface area contributed by atoms with Gasteiger partial charge in [-0.2, -0.15) is 0 Å². The van der Waals surface area contributed by atoms with Crippen LogP contribution in [0.2, 0.25) is 0 Å². The summed E-state index contributed by atoms with van der Waals surface area (Å²) in [5, 5.41) is 19.2. The van der Waals surface area contributed by atoms with Gasteiger partial charge in [0.05, 0.1) is 10.7 Å². The number of nitrogens with zero attached hydrogens (tertiary/aromatic N) is 2. The number of nitro groups is 1. The first-order valence-corrected chi connectivity index (χ1v) is 4.96. The zero-order chi connectivity index (χ0) is 11.4. The van der Waals surface area contributed by atoms with Crippen molar-refractivity contribution >= 4 is 23.4 Å². The average molecular weight is 228 g/mol. The minimum absolute atomic E-state index is 0.141. The minimum atomic E-state index is -1.03. The third-order valence-corrected chi connectivity index (χ3v) is 2.47. The van der Waals surface area contributed by atoms with E-state index >= 15 is 0 Å². The first-order chi connectivity index (χ1) is 7.00. The molecular formula is C8H8N2O4S. The lowest BCUT2D eigenvalue weighted by atomic mass is 10.3. The maximum atomic E-state index is 10.6. The Balaban J connectivity index is 2.96. The van der Waals surface area contributed by atoms with Crippen LogP contribution in [-0.4, -0.2) is 26.7 Å². The molecule has 0 aliphatic carbocycles. The summed E-state index contributed by atoms with van der Waals surface area (Å²) in [5.41, 5.74) is 0.459. The van der Waals surface area contributed by atoms with E-state index in [1.165, 1.54) is 12.1 Å². The van der Waals surface area contributed by atoms with E-state index in [1.54, 1.807) is 6.92 Å². The summed E-state index contributed by atoms with van der Waals surface area (Å²) in [7, 11) is 0. The highest BCUT2D eigenvalue weighted by Crippen LogP contribution is 2.26. The number of rotatable bonds is 4. The number of hydrogen-bond donors (Lipinski definition) is 1. The van der Waals surface area contributed by atoms with Gasteiger partial charge in [0.2, 0.25) is 0 Å². The number of aliphatic carboxylic acids is 1. The van der Waals surface area contributed by atoms with Gasteiger partial charge in [-0.1, -0.05) is 11.8 Å². The Kier molecular flexibility index (Phi) is 3.62. The highest BCUT2D eigenvalue weighted by atomic mass is 32.2. The van der Waals surface area contributed by atoms with Crippen molar-refractivity contribution < 1.29 is 14.8 Å². The summed E-state index contributed by atoms with van der Waals surface area (Å²) in [4.78, 5) is 24.3. The summed E-state index contributed by atoms with van der Waals surface area (Å²) in [5.74, 6) is -1.27. The third-order valence-electron chi connectivity index (χ3n) is 1.51. The summed E-state index contributed by atoms with van der Waals surface area (Å²) in [6.07, 6.45) is 0. The van der Waals surface area contributed by atoms with Gasteiger partial charge in [-0.15, -0.1) is 0 Å². The van der Waals surface area contributed by atoms with E-state index in [4.69, 9.17) is 5.11 Å². The number of carboxylic acids is 1. The Bertz CT molecular complexity index is 408. The van der Waals surface area contributed by atoms with Crippen molar-refractivity contribution in [3.63, 3.8) is 0 Å². The van der Waals surface area contributed by atoms with Crippen LogP contribution in [-0.2, 0) is 4.79 Å². The van der Waals surface area contributed by atoms with Crippen molar-refractivity contribution in [3.05, 3.63) is 27.9 Å². The van der Waals surface area contributed by atoms with Crippen molar-refractivity contribution in [1.29, 1.82) is 0 Å². The van der Waals surface area contributed by atoms with Crippen LogP contribution in [0.25, 0.3) is 0 Å². The normalized spacial score (nSPS) is 9.93. The summed E-state index contributed by atoms with van der Waals surface area (Å²) in [6, 6.07) is 2.84. The molecule has 0 radical (unpaired) electrons. The highest BCUT2D eigenvalue weighted by molar-refractivity contribution is 8.00. The Labute approximate surface area is 89.5 Å². The summed E-state index contributed by atoms with van der Waals surface area (Å²) in [6.45, 7) is 1.69. The van der Waals surface area contributed by atoms with Crippen molar-refractivity contribution in [1.82, 2.24) is 4.98 Å². The van der Waals surface area contributed by atoms with E-state index in [9.17, 15) is 14.9 Å². The quantitative estimate of drug-likeness (QED) is 0.476. The van der Waals surface area contributed by atoms with Gasteiger partial charge in [0.25, 0.3) is 0 Å². The first kappa shape index (κ1) is 11.4. The van der Waals surface area contributed by atoms with E-state index in [1.807, 2.05) is 0 Å². The Morgan fingerprint density at radius 2 is 2.33 bits per heavy atom. The standard InChI is InChI=1S/C8H8N2O4S/c1-5-2-3-6(10(13)14)8(9-5)15-4-7(11)12/h2-3H,4H2,1H3,(H,11,12). The maximum absolute atomic E-state index is 10.6. The molecule has 0 bridgehead atoms. The molecule has 7 heteroatoms. The number of aryl methyl sites for hydroxylation is 1. The zero-order valence-corrected chi connectivity index (χ0v) is 8.65. The Morgan fingerprint density at radius 1 is 1.67 bits per heavy atom. The lowest BCUT2D eigenvalue weighted by molar-refractivity contribution is -0.388. The molecule has 1 heterocycles.